The van der Waals surface area contributed by atoms with Crippen LogP contribution in [0.2, 0.25) is 0 Å². The third kappa shape index (κ3) is 3.32. The third-order valence-corrected chi connectivity index (χ3v) is 5.46. The highest BCUT2D eigenvalue weighted by Crippen LogP contribution is 2.23. The first-order valence-corrected chi connectivity index (χ1v) is 9.36. The van der Waals surface area contributed by atoms with Crippen molar-refractivity contribution in [2.75, 3.05) is 25.9 Å². The Bertz CT molecular complexity index is 988. The van der Waals surface area contributed by atoms with Gasteiger partial charge in [0.05, 0.1) is 16.8 Å². The maximum atomic E-state index is 12.5. The molecule has 0 spiro atoms. The second-order valence-corrected chi connectivity index (χ2v) is 7.40. The number of hydrogen-bond acceptors (Lipinski definition) is 6. The van der Waals surface area contributed by atoms with Gasteiger partial charge < -0.3 is 16.0 Å². The van der Waals surface area contributed by atoms with Gasteiger partial charge in [-0.15, -0.1) is 0 Å². The summed E-state index contributed by atoms with van der Waals surface area (Å²) in [7, 11) is 2.14. The van der Waals surface area contributed by atoms with E-state index in [0.29, 0.717) is 11.7 Å². The van der Waals surface area contributed by atoms with Crippen LogP contribution >= 0.6 is 0 Å². The molecule has 4 N–H and O–H groups in total. The molecule has 0 aliphatic carbocycles. The average molecular weight is 381 g/mol. The van der Waals surface area contributed by atoms with Gasteiger partial charge in [0.15, 0.2) is 0 Å². The zero-order valence-corrected chi connectivity index (χ0v) is 15.7. The summed E-state index contributed by atoms with van der Waals surface area (Å²) in [6.45, 7) is 2.96. The van der Waals surface area contributed by atoms with Crippen molar-refractivity contribution in [2.45, 2.75) is 25.4 Å². The minimum absolute atomic E-state index is 0.0250. The van der Waals surface area contributed by atoms with Crippen LogP contribution in [0.4, 0.5) is 5.82 Å². The maximum absolute atomic E-state index is 12.5. The predicted molar refractivity (Wildman–Crippen MR) is 106 cm³/mol. The molecule has 28 heavy (non-hydrogen) atoms. The monoisotopic (exact) mass is 381 g/mol. The van der Waals surface area contributed by atoms with Crippen LogP contribution in [0, 0.1) is 0 Å². The summed E-state index contributed by atoms with van der Waals surface area (Å²) in [4.78, 5) is 38.5. The lowest BCUT2D eigenvalue weighted by Gasteiger charge is -2.29. The molecule has 8 nitrogen and oxygen atoms in total. The average Bonchev–Trinajstić information content (AvgIpc) is 2.96. The first kappa shape index (κ1) is 18.4. The van der Waals surface area contributed by atoms with Crippen molar-refractivity contribution in [3.8, 4) is 5.69 Å². The summed E-state index contributed by atoms with van der Waals surface area (Å²) in [5.41, 5.74) is 7.35. The normalized spacial score (nSPS) is 17.6. The van der Waals surface area contributed by atoms with Gasteiger partial charge in [0.1, 0.15) is 5.82 Å². The van der Waals surface area contributed by atoms with Crippen LogP contribution in [0.1, 0.15) is 39.1 Å². The molecule has 1 aromatic carbocycles. The molecule has 2 aromatic rings. The Morgan fingerprint density at radius 1 is 1.11 bits per heavy atom. The van der Waals surface area contributed by atoms with E-state index in [-0.39, 0.29) is 16.9 Å². The second-order valence-electron chi connectivity index (χ2n) is 7.40. The van der Waals surface area contributed by atoms with Crippen LogP contribution in [0.25, 0.3) is 5.69 Å². The van der Waals surface area contributed by atoms with Crippen molar-refractivity contribution in [3.05, 3.63) is 57.4 Å². The summed E-state index contributed by atoms with van der Waals surface area (Å²) < 4.78 is 1.26. The molecule has 1 fully saturated rings. The number of nitrogens with two attached hydrogens (primary N) is 1. The molecule has 2 amide bonds. The van der Waals surface area contributed by atoms with Gasteiger partial charge in [-0.05, 0) is 50.7 Å². The second kappa shape index (κ2) is 7.21. The number of nitrogen functional groups attached to an aromatic ring is 1. The number of aromatic nitrogens is 1. The number of anilines is 1. The van der Waals surface area contributed by atoms with E-state index in [1.54, 1.807) is 12.1 Å². The lowest BCUT2D eigenvalue weighted by Crippen LogP contribution is -2.40. The van der Waals surface area contributed by atoms with Gasteiger partial charge >= 0.3 is 0 Å². The maximum Gasteiger partial charge on any atom is 0.262 e. The number of fused-ring (bicyclic) bond motifs is 1. The Hall–Kier alpha value is -2.97. The Labute approximate surface area is 162 Å². The van der Waals surface area contributed by atoms with Crippen LogP contribution in [0.3, 0.4) is 0 Å². The number of nitrogens with one attached hydrogen (secondary N) is 2. The molecule has 3 heterocycles. The van der Waals surface area contributed by atoms with Gasteiger partial charge in [-0.2, -0.15) is 0 Å². The Balaban J connectivity index is 1.53. The minimum Gasteiger partial charge on any atom is -0.384 e. The van der Waals surface area contributed by atoms with Crippen LogP contribution in [0.5, 0.6) is 0 Å². The summed E-state index contributed by atoms with van der Waals surface area (Å²) in [6, 6.07) is 9.13. The number of imide groups is 1. The van der Waals surface area contributed by atoms with E-state index < -0.39 is 17.4 Å². The molecule has 0 unspecified atom stereocenters. The smallest absolute Gasteiger partial charge is 0.262 e. The fourth-order valence-electron chi connectivity index (χ4n) is 3.78. The van der Waals surface area contributed by atoms with E-state index in [9.17, 15) is 14.4 Å². The molecule has 0 saturated carbocycles. The zero-order valence-electron chi connectivity index (χ0n) is 15.7. The quantitative estimate of drug-likeness (QED) is 0.665. The van der Waals surface area contributed by atoms with Crippen LogP contribution in [0.15, 0.2) is 35.1 Å². The molecule has 2 aliphatic rings. The highest BCUT2D eigenvalue weighted by molar-refractivity contribution is 6.23. The van der Waals surface area contributed by atoms with E-state index in [0.717, 1.165) is 44.1 Å². The van der Waals surface area contributed by atoms with E-state index >= 15 is 0 Å². The number of likely N-dealkylation sites (tertiary alicyclic amines) is 1. The van der Waals surface area contributed by atoms with E-state index in [2.05, 4.69) is 22.6 Å². The van der Waals surface area contributed by atoms with Crippen LogP contribution in [-0.2, 0) is 6.54 Å². The predicted octanol–water partition coefficient (Wildman–Crippen LogP) is 0.487. The molecule has 146 valence electrons. The summed E-state index contributed by atoms with van der Waals surface area (Å²) in [5.74, 6) is -1.19. The summed E-state index contributed by atoms with van der Waals surface area (Å²) >= 11 is 0. The lowest BCUT2D eigenvalue weighted by atomic mass is 10.1. The number of benzene rings is 1. The number of amides is 2. The summed E-state index contributed by atoms with van der Waals surface area (Å²) in [6.07, 6.45) is 2.27. The number of piperidine rings is 1. The van der Waals surface area contributed by atoms with Crippen LogP contribution in [-0.4, -0.2) is 47.5 Å². The van der Waals surface area contributed by atoms with E-state index in [4.69, 9.17) is 5.73 Å². The number of pyridine rings is 1. The molecular weight excluding hydrogens is 358 g/mol. The van der Waals surface area contributed by atoms with Gasteiger partial charge in [-0.25, -0.2) is 0 Å². The van der Waals surface area contributed by atoms with Crippen molar-refractivity contribution >= 4 is 17.6 Å². The van der Waals surface area contributed by atoms with E-state index in [1.807, 2.05) is 12.1 Å². The van der Waals surface area contributed by atoms with Crippen LogP contribution < -0.4 is 21.9 Å². The fourth-order valence-corrected chi connectivity index (χ4v) is 3.78. The molecule has 0 atom stereocenters. The molecule has 4 rings (SSSR count). The van der Waals surface area contributed by atoms with Gasteiger partial charge in [-0.3, -0.25) is 24.3 Å². The molecule has 0 radical (unpaired) electrons. The minimum atomic E-state index is -0.591. The SMILES string of the molecule is CN1CCC(NCc2ccc(-n3c(N)c4c(cc3=O)C(=O)NC4=O)cc2)CC1. The van der Waals surface area contributed by atoms with E-state index in [1.165, 1.54) is 4.57 Å². The molecular formula is C20H23N5O3. The lowest BCUT2D eigenvalue weighted by molar-refractivity contribution is 0.0880. The summed E-state index contributed by atoms with van der Waals surface area (Å²) in [5, 5.41) is 5.74. The topological polar surface area (TPSA) is 109 Å². The first-order chi connectivity index (χ1) is 13.4. The van der Waals surface area contributed by atoms with Crippen molar-refractivity contribution < 1.29 is 9.59 Å². The molecule has 2 aliphatic heterocycles. The van der Waals surface area contributed by atoms with Gasteiger partial charge in [-0.1, -0.05) is 12.1 Å². The van der Waals surface area contributed by atoms with Gasteiger partial charge in [0.25, 0.3) is 17.4 Å². The number of hydrogen-bond donors (Lipinski definition) is 3. The van der Waals surface area contributed by atoms with Crippen molar-refractivity contribution in [1.29, 1.82) is 0 Å². The molecule has 8 heteroatoms. The highest BCUT2D eigenvalue weighted by Gasteiger charge is 2.31. The van der Waals surface area contributed by atoms with Crippen molar-refractivity contribution in [3.63, 3.8) is 0 Å². The Morgan fingerprint density at radius 2 is 1.79 bits per heavy atom. The number of carbonyl (C=O) groups is 2. The highest BCUT2D eigenvalue weighted by atomic mass is 16.2. The molecule has 1 saturated heterocycles. The Morgan fingerprint density at radius 3 is 2.46 bits per heavy atom. The first-order valence-electron chi connectivity index (χ1n) is 9.36. The number of carbonyl (C=O) groups excluding carboxylic acids is 2. The standard InChI is InChI=1S/C20H23N5O3/c1-24-8-6-13(7-9-24)22-11-12-2-4-14(5-3-12)25-16(26)10-15-17(18(25)21)20(28)23-19(15)27/h2-5,10,13,22H,6-9,11,21H2,1H3,(H,23,27,28). The number of nitrogens with zero attached hydrogens (tertiary/aromatic N) is 2. The van der Waals surface area contributed by atoms with Crippen molar-refractivity contribution in [1.82, 2.24) is 20.1 Å². The van der Waals surface area contributed by atoms with Gasteiger partial charge in [0.2, 0.25) is 0 Å². The number of rotatable bonds is 4. The van der Waals surface area contributed by atoms with Gasteiger partial charge in [0, 0.05) is 18.7 Å². The largest absolute Gasteiger partial charge is 0.384 e. The molecule has 1 aromatic heterocycles. The third-order valence-electron chi connectivity index (χ3n) is 5.46. The molecule has 0 bridgehead atoms. The van der Waals surface area contributed by atoms with Crippen molar-refractivity contribution in [2.24, 2.45) is 0 Å². The Kier molecular flexibility index (Phi) is 4.74. The zero-order chi connectivity index (χ0) is 19.8. The fraction of sp³-hybridized carbons (Fsp3) is 0.350.